The molecular formula is C19H20N2O4S. The van der Waals surface area contributed by atoms with Gasteiger partial charge in [-0.1, -0.05) is 41.6 Å². The van der Waals surface area contributed by atoms with Crippen LogP contribution in [0.3, 0.4) is 0 Å². The molecule has 0 atom stereocenters. The van der Waals surface area contributed by atoms with E-state index in [1.807, 2.05) is 18.2 Å². The van der Waals surface area contributed by atoms with Crippen LogP contribution in [0.15, 0.2) is 57.9 Å². The van der Waals surface area contributed by atoms with E-state index in [2.05, 4.69) is 22.3 Å². The monoisotopic (exact) mass is 372 g/mol. The largest absolute Gasteiger partial charge is 0.495 e. The molecule has 0 saturated carbocycles. The summed E-state index contributed by atoms with van der Waals surface area (Å²) in [5, 5.41) is 4.01. The third-order valence-corrected chi connectivity index (χ3v) is 5.11. The minimum atomic E-state index is -3.34. The number of hydrogen-bond donors (Lipinski definition) is 0. The lowest BCUT2D eigenvalue weighted by Gasteiger charge is -2.08. The highest BCUT2D eigenvalue weighted by atomic mass is 32.2. The molecule has 0 radical (unpaired) electrons. The van der Waals surface area contributed by atoms with Gasteiger partial charge in [0.1, 0.15) is 10.6 Å². The van der Waals surface area contributed by atoms with Crippen molar-refractivity contribution in [1.82, 2.24) is 10.1 Å². The lowest BCUT2D eigenvalue weighted by Crippen LogP contribution is -2.02. The van der Waals surface area contributed by atoms with Crippen molar-refractivity contribution >= 4 is 9.84 Å². The smallest absolute Gasteiger partial charge is 0.226 e. The van der Waals surface area contributed by atoms with Gasteiger partial charge in [0, 0.05) is 19.1 Å². The van der Waals surface area contributed by atoms with Crippen molar-refractivity contribution < 1.29 is 17.7 Å². The van der Waals surface area contributed by atoms with Crippen molar-refractivity contribution in [2.75, 3.05) is 13.4 Å². The van der Waals surface area contributed by atoms with Crippen LogP contribution in [0, 0.1) is 0 Å². The van der Waals surface area contributed by atoms with E-state index in [0.717, 1.165) is 18.2 Å². The van der Waals surface area contributed by atoms with Crippen molar-refractivity contribution in [3.63, 3.8) is 0 Å². The Morgan fingerprint density at radius 3 is 2.50 bits per heavy atom. The Morgan fingerprint density at radius 2 is 1.81 bits per heavy atom. The predicted octanol–water partition coefficient (Wildman–Crippen LogP) is 2.86. The Hall–Kier alpha value is -2.67. The van der Waals surface area contributed by atoms with Crippen LogP contribution in [0.5, 0.6) is 5.75 Å². The predicted molar refractivity (Wildman–Crippen MR) is 97.1 cm³/mol. The summed E-state index contributed by atoms with van der Waals surface area (Å²) in [5.74, 6) is 1.46. The average Bonchev–Trinajstić information content (AvgIpc) is 3.07. The van der Waals surface area contributed by atoms with E-state index in [9.17, 15) is 8.42 Å². The first kappa shape index (κ1) is 18.1. The molecule has 0 amide bonds. The van der Waals surface area contributed by atoms with Crippen LogP contribution in [0.1, 0.15) is 22.8 Å². The fraction of sp³-hybridized carbons (Fsp3) is 0.263. The first-order chi connectivity index (χ1) is 12.5. The zero-order valence-electron chi connectivity index (χ0n) is 14.7. The summed E-state index contributed by atoms with van der Waals surface area (Å²) in [6, 6.07) is 15.1. The van der Waals surface area contributed by atoms with E-state index in [4.69, 9.17) is 9.26 Å². The van der Waals surface area contributed by atoms with Crippen LogP contribution in [0.4, 0.5) is 0 Å². The SMILES string of the molecule is COc1cc(Cc2noc(CCc3ccccc3)n2)ccc1S(C)(=O)=O. The number of ether oxygens (including phenoxy) is 1. The van der Waals surface area contributed by atoms with Gasteiger partial charge in [-0.2, -0.15) is 4.98 Å². The fourth-order valence-electron chi connectivity index (χ4n) is 2.67. The van der Waals surface area contributed by atoms with E-state index < -0.39 is 9.84 Å². The molecule has 7 heteroatoms. The van der Waals surface area contributed by atoms with E-state index in [0.29, 0.717) is 30.3 Å². The van der Waals surface area contributed by atoms with Gasteiger partial charge in [-0.3, -0.25) is 0 Å². The average molecular weight is 372 g/mol. The quantitative estimate of drug-likeness (QED) is 0.634. The summed E-state index contributed by atoms with van der Waals surface area (Å²) >= 11 is 0. The summed E-state index contributed by atoms with van der Waals surface area (Å²) < 4.78 is 34.0. The Labute approximate surface area is 152 Å². The molecular weight excluding hydrogens is 352 g/mol. The zero-order chi connectivity index (χ0) is 18.6. The third kappa shape index (κ3) is 4.49. The first-order valence-electron chi connectivity index (χ1n) is 8.18. The number of sulfone groups is 1. The number of rotatable bonds is 7. The lowest BCUT2D eigenvalue weighted by molar-refractivity contribution is 0.373. The second-order valence-corrected chi connectivity index (χ2v) is 8.01. The summed E-state index contributed by atoms with van der Waals surface area (Å²) in [5.41, 5.74) is 2.07. The van der Waals surface area contributed by atoms with Gasteiger partial charge in [0.05, 0.1) is 7.11 Å². The van der Waals surface area contributed by atoms with Crippen molar-refractivity contribution in [1.29, 1.82) is 0 Å². The molecule has 3 aromatic rings. The maximum absolute atomic E-state index is 11.8. The van der Waals surface area contributed by atoms with Gasteiger partial charge in [-0.25, -0.2) is 8.42 Å². The molecule has 2 aromatic carbocycles. The Balaban J connectivity index is 1.69. The standard InChI is InChI=1S/C19H20N2O4S/c1-24-16-12-15(8-10-17(16)26(2,22)23)13-18-20-19(25-21-18)11-9-14-6-4-3-5-7-14/h3-8,10,12H,9,11,13H2,1-2H3. The maximum Gasteiger partial charge on any atom is 0.226 e. The normalized spacial score (nSPS) is 11.5. The summed E-state index contributed by atoms with van der Waals surface area (Å²) in [6.45, 7) is 0. The molecule has 0 unspecified atom stereocenters. The highest BCUT2D eigenvalue weighted by molar-refractivity contribution is 7.90. The topological polar surface area (TPSA) is 82.3 Å². The highest BCUT2D eigenvalue weighted by Crippen LogP contribution is 2.25. The van der Waals surface area contributed by atoms with Crippen molar-refractivity contribution in [2.24, 2.45) is 0 Å². The van der Waals surface area contributed by atoms with Crippen LogP contribution in [-0.2, 0) is 29.1 Å². The number of methoxy groups -OCH3 is 1. The summed E-state index contributed by atoms with van der Waals surface area (Å²) in [7, 11) is -1.89. The number of aromatic nitrogens is 2. The molecule has 0 N–H and O–H groups in total. The van der Waals surface area contributed by atoms with E-state index in [1.165, 1.54) is 12.7 Å². The number of nitrogens with zero attached hydrogens (tertiary/aromatic N) is 2. The Kier molecular flexibility index (Phi) is 5.37. The minimum absolute atomic E-state index is 0.167. The van der Waals surface area contributed by atoms with Crippen molar-refractivity contribution in [3.8, 4) is 5.75 Å². The molecule has 6 nitrogen and oxygen atoms in total. The van der Waals surface area contributed by atoms with Crippen LogP contribution < -0.4 is 4.74 Å². The molecule has 136 valence electrons. The lowest BCUT2D eigenvalue weighted by atomic mass is 10.1. The van der Waals surface area contributed by atoms with Crippen LogP contribution in [0.2, 0.25) is 0 Å². The number of benzene rings is 2. The number of aryl methyl sites for hydroxylation is 2. The second-order valence-electron chi connectivity index (χ2n) is 6.02. The zero-order valence-corrected chi connectivity index (χ0v) is 15.5. The molecule has 1 heterocycles. The van der Waals surface area contributed by atoms with Crippen LogP contribution in [-0.4, -0.2) is 31.9 Å². The van der Waals surface area contributed by atoms with E-state index in [-0.39, 0.29) is 4.90 Å². The summed E-state index contributed by atoms with van der Waals surface area (Å²) in [4.78, 5) is 4.58. The molecule has 3 rings (SSSR count). The van der Waals surface area contributed by atoms with Crippen molar-refractivity contribution in [2.45, 2.75) is 24.2 Å². The molecule has 0 aliphatic rings. The third-order valence-electron chi connectivity index (χ3n) is 3.97. The Bertz CT molecular complexity index is 982. The van der Waals surface area contributed by atoms with Crippen LogP contribution in [0.25, 0.3) is 0 Å². The maximum atomic E-state index is 11.8. The molecule has 26 heavy (non-hydrogen) atoms. The Morgan fingerprint density at radius 1 is 1.04 bits per heavy atom. The molecule has 0 aliphatic heterocycles. The van der Waals surface area contributed by atoms with Gasteiger partial charge in [0.15, 0.2) is 15.7 Å². The van der Waals surface area contributed by atoms with E-state index >= 15 is 0 Å². The van der Waals surface area contributed by atoms with E-state index in [1.54, 1.807) is 18.2 Å². The molecule has 0 bridgehead atoms. The molecule has 0 aliphatic carbocycles. The van der Waals surface area contributed by atoms with Gasteiger partial charge in [-0.15, -0.1) is 0 Å². The molecule has 0 fully saturated rings. The highest BCUT2D eigenvalue weighted by Gasteiger charge is 2.15. The molecule has 0 saturated heterocycles. The number of hydrogen-bond acceptors (Lipinski definition) is 6. The fourth-order valence-corrected chi connectivity index (χ4v) is 3.49. The van der Waals surface area contributed by atoms with Gasteiger partial charge in [0.25, 0.3) is 0 Å². The van der Waals surface area contributed by atoms with Gasteiger partial charge in [-0.05, 0) is 29.7 Å². The summed E-state index contributed by atoms with van der Waals surface area (Å²) in [6.07, 6.45) is 3.10. The van der Waals surface area contributed by atoms with Gasteiger partial charge >= 0.3 is 0 Å². The van der Waals surface area contributed by atoms with Crippen LogP contribution >= 0.6 is 0 Å². The van der Waals surface area contributed by atoms with Gasteiger partial charge < -0.3 is 9.26 Å². The van der Waals surface area contributed by atoms with Crippen molar-refractivity contribution in [3.05, 3.63) is 71.4 Å². The molecule has 0 spiro atoms. The second kappa shape index (κ2) is 7.70. The molecule has 1 aromatic heterocycles. The minimum Gasteiger partial charge on any atom is -0.495 e. The van der Waals surface area contributed by atoms with Gasteiger partial charge in [0.2, 0.25) is 5.89 Å². The first-order valence-corrected chi connectivity index (χ1v) is 10.1.